The predicted octanol–water partition coefficient (Wildman–Crippen LogP) is 5.60. The summed E-state index contributed by atoms with van der Waals surface area (Å²) in [5.74, 6) is -1.06. The highest BCUT2D eigenvalue weighted by Gasteiger charge is 2.22. The summed E-state index contributed by atoms with van der Waals surface area (Å²) in [7, 11) is 0. The van der Waals surface area contributed by atoms with Gasteiger partial charge in [-0.1, -0.05) is 102 Å². The van der Waals surface area contributed by atoms with Crippen LogP contribution in [-0.2, 0) is 51.5 Å². The van der Waals surface area contributed by atoms with E-state index in [1.807, 2.05) is 102 Å². The molecule has 2 amide bonds. The van der Waals surface area contributed by atoms with Crippen molar-refractivity contribution in [3.8, 4) is 0 Å². The lowest BCUT2D eigenvalue weighted by atomic mass is 10.0. The van der Waals surface area contributed by atoms with Gasteiger partial charge < -0.3 is 35.7 Å². The number of carboxylic acids is 1. The summed E-state index contributed by atoms with van der Waals surface area (Å²) in [6, 6.07) is 17.2. The zero-order valence-corrected chi connectivity index (χ0v) is 32.1. The van der Waals surface area contributed by atoms with Crippen LogP contribution in [0.15, 0.2) is 60.7 Å². The zero-order valence-electron chi connectivity index (χ0n) is 32.1. The number of hydrogen-bond donors (Lipinski definition) is 4. The molecule has 0 aliphatic rings. The van der Waals surface area contributed by atoms with E-state index in [4.69, 9.17) is 20.3 Å². The van der Waals surface area contributed by atoms with Crippen LogP contribution >= 0.6 is 0 Å². The van der Waals surface area contributed by atoms with Crippen molar-refractivity contribution in [3.63, 3.8) is 0 Å². The summed E-state index contributed by atoms with van der Waals surface area (Å²) in [6.07, 6.45) is 1.70. The molecular weight excluding hydrogens is 654 g/mol. The minimum Gasteiger partial charge on any atom is -0.480 e. The first-order valence-corrected chi connectivity index (χ1v) is 17.2. The van der Waals surface area contributed by atoms with E-state index < -0.39 is 24.1 Å². The molecule has 286 valence electrons. The van der Waals surface area contributed by atoms with Crippen molar-refractivity contribution in [1.29, 1.82) is 0 Å². The van der Waals surface area contributed by atoms with Gasteiger partial charge in [0.25, 0.3) is 0 Å². The van der Waals surface area contributed by atoms with Crippen molar-refractivity contribution >= 4 is 35.5 Å². The Morgan fingerprint density at radius 3 is 1.25 bits per heavy atom. The standard InChI is InChI=1S/C15H21NO3.C13H19NO2.C8H15NO3.C3H6O/c1-11(2)9-14(16-12(3)17)15(18)19-10-13-7-5-4-6-8-13;1-10(2)8-12(14)13(15)16-9-11-6-4-3-5-7-11;1-5(2)4-7(8(11)12)9-6(3)10;1-3(2)4/h4-8,11,14H,9-10H2,1-3H3,(H,16,17);3-7,10,12H,8-9,14H2,1-2H3;5,7H,4H2,1-3H3,(H,9,10)(H,11,12);1-2H3/t14-;12-;7-;/m000./s1. The molecule has 0 unspecified atom stereocenters. The summed E-state index contributed by atoms with van der Waals surface area (Å²) < 4.78 is 10.4. The number of hydrogen-bond acceptors (Lipinski definition) is 9. The molecule has 0 saturated heterocycles. The second-order valence-corrected chi connectivity index (χ2v) is 13.4. The van der Waals surface area contributed by atoms with E-state index >= 15 is 0 Å². The summed E-state index contributed by atoms with van der Waals surface area (Å²) in [4.78, 5) is 65.1. The number of benzene rings is 2. The smallest absolute Gasteiger partial charge is 0.328 e. The first kappa shape index (κ1) is 48.5. The SMILES string of the molecule is CC(=O)N[C@@H](CC(C)C)C(=O)O.CC(=O)N[C@@H](CC(C)C)C(=O)OCc1ccccc1.CC(C)=O.CC(C)C[C@H](N)C(=O)OCc1ccccc1. The Balaban J connectivity index is 0. The number of carboxylic acid groups (broad SMARTS) is 1. The number of aliphatic carboxylic acids is 1. The molecule has 0 heterocycles. The van der Waals surface area contributed by atoms with Gasteiger partial charge in [0.15, 0.2) is 0 Å². The van der Waals surface area contributed by atoms with Gasteiger partial charge in [0.05, 0.1) is 0 Å². The van der Waals surface area contributed by atoms with Crippen LogP contribution in [0.25, 0.3) is 0 Å². The normalized spacial score (nSPS) is 11.9. The number of Topliss-reactive ketones (excluding diaryl/α,β-unsaturated/α-hetero) is 1. The Morgan fingerprint density at radius 1 is 0.588 bits per heavy atom. The minimum absolute atomic E-state index is 0.167. The number of esters is 2. The molecule has 12 nitrogen and oxygen atoms in total. The average Bonchev–Trinajstić information content (AvgIpc) is 3.02. The monoisotopic (exact) mass is 715 g/mol. The molecule has 0 fully saturated rings. The fraction of sp³-hybridized carbons (Fsp3) is 0.538. The van der Waals surface area contributed by atoms with Gasteiger partial charge in [0.2, 0.25) is 11.8 Å². The number of ketones is 1. The molecule has 2 aromatic rings. The third-order valence-corrected chi connectivity index (χ3v) is 6.23. The minimum atomic E-state index is -0.973. The Morgan fingerprint density at radius 2 is 0.922 bits per heavy atom. The van der Waals surface area contributed by atoms with Crippen molar-refractivity contribution in [3.05, 3.63) is 71.8 Å². The summed E-state index contributed by atoms with van der Waals surface area (Å²) in [5, 5.41) is 13.7. The van der Waals surface area contributed by atoms with Crippen LogP contribution in [-0.4, -0.2) is 58.7 Å². The van der Waals surface area contributed by atoms with Gasteiger partial charge in [0.1, 0.15) is 37.1 Å². The fourth-order valence-electron chi connectivity index (χ4n) is 4.14. The van der Waals surface area contributed by atoms with E-state index in [9.17, 15) is 28.8 Å². The van der Waals surface area contributed by atoms with Crippen molar-refractivity contribution < 1.29 is 43.3 Å². The van der Waals surface area contributed by atoms with Crippen LogP contribution < -0.4 is 16.4 Å². The highest BCUT2D eigenvalue weighted by Crippen LogP contribution is 2.09. The Labute approximate surface area is 304 Å². The molecule has 0 saturated carbocycles. The number of carbonyl (C=O) groups is 6. The quantitative estimate of drug-likeness (QED) is 0.169. The van der Waals surface area contributed by atoms with Crippen LogP contribution in [0.5, 0.6) is 0 Å². The molecule has 2 aromatic carbocycles. The zero-order chi connectivity index (χ0) is 39.5. The molecule has 0 aliphatic heterocycles. The van der Waals surface area contributed by atoms with Crippen molar-refractivity contribution in [2.45, 2.75) is 120 Å². The molecule has 0 aliphatic carbocycles. The van der Waals surface area contributed by atoms with Crippen molar-refractivity contribution in [1.82, 2.24) is 10.6 Å². The van der Waals surface area contributed by atoms with Crippen LogP contribution in [0.3, 0.4) is 0 Å². The number of amides is 2. The number of carbonyl (C=O) groups excluding carboxylic acids is 5. The molecule has 0 bridgehead atoms. The van der Waals surface area contributed by atoms with Gasteiger partial charge in [-0.15, -0.1) is 0 Å². The second kappa shape index (κ2) is 28.2. The summed E-state index contributed by atoms with van der Waals surface area (Å²) in [6.45, 7) is 18.2. The lowest BCUT2D eigenvalue weighted by Gasteiger charge is -2.18. The topological polar surface area (TPSA) is 191 Å². The van der Waals surface area contributed by atoms with E-state index in [0.29, 0.717) is 37.7 Å². The highest BCUT2D eigenvalue weighted by atomic mass is 16.5. The number of nitrogens with one attached hydrogen (secondary N) is 2. The molecule has 0 aromatic heterocycles. The van der Waals surface area contributed by atoms with Crippen LogP contribution in [0.4, 0.5) is 0 Å². The molecular formula is C39H61N3O9. The lowest BCUT2D eigenvalue weighted by Crippen LogP contribution is -2.41. The summed E-state index contributed by atoms with van der Waals surface area (Å²) in [5.41, 5.74) is 7.62. The largest absolute Gasteiger partial charge is 0.480 e. The Bertz CT molecular complexity index is 1300. The third-order valence-electron chi connectivity index (χ3n) is 6.23. The predicted molar refractivity (Wildman–Crippen MR) is 198 cm³/mol. The number of rotatable bonds is 15. The van der Waals surface area contributed by atoms with Gasteiger partial charge >= 0.3 is 17.9 Å². The maximum absolute atomic E-state index is 12.0. The Hall–Kier alpha value is -4.58. The summed E-state index contributed by atoms with van der Waals surface area (Å²) >= 11 is 0. The van der Waals surface area contributed by atoms with Gasteiger partial charge in [-0.3, -0.25) is 14.4 Å². The van der Waals surface area contributed by atoms with Gasteiger partial charge in [-0.05, 0) is 62.0 Å². The van der Waals surface area contributed by atoms with E-state index in [2.05, 4.69) is 10.6 Å². The van der Waals surface area contributed by atoms with E-state index in [1.165, 1.54) is 27.7 Å². The Kier molecular flexibility index (Phi) is 26.8. The van der Waals surface area contributed by atoms with E-state index in [-0.39, 0.29) is 42.1 Å². The van der Waals surface area contributed by atoms with Gasteiger partial charge in [-0.2, -0.15) is 0 Å². The van der Waals surface area contributed by atoms with Crippen LogP contribution in [0.2, 0.25) is 0 Å². The average molecular weight is 716 g/mol. The van der Waals surface area contributed by atoms with Gasteiger partial charge in [-0.25, -0.2) is 9.59 Å². The molecule has 51 heavy (non-hydrogen) atoms. The molecule has 3 atom stereocenters. The maximum Gasteiger partial charge on any atom is 0.328 e. The maximum atomic E-state index is 12.0. The molecule has 2 rings (SSSR count). The molecule has 12 heteroatoms. The van der Waals surface area contributed by atoms with Gasteiger partial charge in [0, 0.05) is 13.8 Å². The second-order valence-electron chi connectivity index (χ2n) is 13.4. The van der Waals surface area contributed by atoms with E-state index in [0.717, 1.165) is 11.1 Å². The first-order chi connectivity index (χ1) is 23.7. The fourth-order valence-corrected chi connectivity index (χ4v) is 4.14. The van der Waals surface area contributed by atoms with Crippen molar-refractivity contribution in [2.75, 3.05) is 0 Å². The number of ether oxygens (including phenoxy) is 2. The molecule has 0 spiro atoms. The number of nitrogens with two attached hydrogens (primary N) is 1. The lowest BCUT2D eigenvalue weighted by molar-refractivity contribution is -0.149. The van der Waals surface area contributed by atoms with E-state index in [1.54, 1.807) is 0 Å². The molecule has 0 radical (unpaired) electrons. The third kappa shape index (κ3) is 30.0. The van der Waals surface area contributed by atoms with Crippen LogP contribution in [0.1, 0.15) is 99.6 Å². The first-order valence-electron chi connectivity index (χ1n) is 17.2. The molecule has 5 N–H and O–H groups in total. The van der Waals surface area contributed by atoms with Crippen LogP contribution in [0, 0.1) is 17.8 Å². The van der Waals surface area contributed by atoms with Crippen molar-refractivity contribution in [2.24, 2.45) is 23.5 Å². The highest BCUT2D eigenvalue weighted by molar-refractivity contribution is 5.83.